The Balaban J connectivity index is 1.70. The van der Waals surface area contributed by atoms with Crippen molar-refractivity contribution in [1.82, 2.24) is 4.90 Å². The molecule has 29 heavy (non-hydrogen) atoms. The third kappa shape index (κ3) is 5.81. The second-order valence-corrected chi connectivity index (χ2v) is 6.86. The van der Waals surface area contributed by atoms with Crippen LogP contribution in [0.15, 0.2) is 64.9 Å². The molecule has 0 aromatic heterocycles. The van der Waals surface area contributed by atoms with Crippen molar-refractivity contribution >= 4 is 17.4 Å². The molecule has 1 fully saturated rings. The van der Waals surface area contributed by atoms with Crippen LogP contribution >= 0.6 is 0 Å². The summed E-state index contributed by atoms with van der Waals surface area (Å²) in [6.45, 7) is 2.39. The third-order valence-corrected chi connectivity index (χ3v) is 4.84. The zero-order valence-corrected chi connectivity index (χ0v) is 16.0. The maximum absolute atomic E-state index is 11.2. The smallest absolute Gasteiger partial charge is 0.307 e. The maximum atomic E-state index is 11.2. The molecule has 2 aromatic rings. The molecule has 0 aliphatic carbocycles. The Morgan fingerprint density at radius 2 is 2.00 bits per heavy atom. The van der Waals surface area contributed by atoms with Crippen molar-refractivity contribution in [2.75, 3.05) is 26.2 Å². The Morgan fingerprint density at radius 1 is 1.21 bits per heavy atom. The molecule has 8 heteroatoms. The van der Waals surface area contributed by atoms with Crippen LogP contribution < -0.4 is 0 Å². The lowest BCUT2D eigenvalue weighted by molar-refractivity contribution is -0.143. The summed E-state index contributed by atoms with van der Waals surface area (Å²) in [5, 5.41) is 17.2. The summed E-state index contributed by atoms with van der Waals surface area (Å²) in [6, 6.07) is 16.8. The normalized spacial score (nSPS) is 17.4. The van der Waals surface area contributed by atoms with Gasteiger partial charge in [-0.3, -0.25) is 9.69 Å². The summed E-state index contributed by atoms with van der Waals surface area (Å²) in [6.07, 6.45) is 1.60. The molecule has 1 N–H and O–H groups in total. The van der Waals surface area contributed by atoms with Crippen LogP contribution in [-0.4, -0.2) is 47.9 Å². The van der Waals surface area contributed by atoms with Crippen molar-refractivity contribution in [3.05, 3.63) is 76.2 Å². The lowest BCUT2D eigenvalue weighted by atomic mass is 9.98. The number of carboxylic acid groups (broad SMARTS) is 1. The van der Waals surface area contributed by atoms with Gasteiger partial charge in [0.2, 0.25) is 0 Å². The predicted octanol–water partition coefficient (Wildman–Crippen LogP) is 4.19. The molecule has 0 spiro atoms. The number of rotatable bonds is 8. The van der Waals surface area contributed by atoms with Crippen LogP contribution in [0.3, 0.4) is 0 Å². The van der Waals surface area contributed by atoms with Gasteiger partial charge in [-0.15, -0.1) is 0 Å². The number of nitrogens with zero attached hydrogens (tertiary/aromatic N) is 5. The maximum Gasteiger partial charge on any atom is 0.307 e. The number of piperidine rings is 1. The standard InChI is InChI=1S/C21H23N5O3/c22-25-23-19-10-4-8-17(14-19)20(16-6-2-1-3-7-16)24-29-13-12-26-11-5-9-18(15-26)21(27)28/h1-4,6-8,10,14,18H,5,9,11-13,15H2,(H,27,28). The largest absolute Gasteiger partial charge is 0.481 e. The highest BCUT2D eigenvalue weighted by molar-refractivity contribution is 6.12. The van der Waals surface area contributed by atoms with E-state index < -0.39 is 5.97 Å². The summed E-state index contributed by atoms with van der Waals surface area (Å²) in [5.41, 5.74) is 11.5. The van der Waals surface area contributed by atoms with Crippen molar-refractivity contribution < 1.29 is 14.7 Å². The zero-order chi connectivity index (χ0) is 20.5. The number of aliphatic carboxylic acids is 1. The lowest BCUT2D eigenvalue weighted by Crippen LogP contribution is -2.40. The number of azide groups is 1. The Morgan fingerprint density at radius 3 is 2.76 bits per heavy atom. The van der Waals surface area contributed by atoms with Gasteiger partial charge in [-0.2, -0.15) is 0 Å². The van der Waals surface area contributed by atoms with Gasteiger partial charge in [-0.1, -0.05) is 58.8 Å². The molecule has 0 radical (unpaired) electrons. The number of carboxylic acids is 1. The van der Waals surface area contributed by atoms with E-state index in [0.717, 1.165) is 30.5 Å². The molecule has 1 heterocycles. The van der Waals surface area contributed by atoms with Gasteiger partial charge in [0.1, 0.15) is 12.3 Å². The van der Waals surface area contributed by atoms with Gasteiger partial charge in [-0.25, -0.2) is 0 Å². The van der Waals surface area contributed by atoms with Gasteiger partial charge < -0.3 is 9.94 Å². The van der Waals surface area contributed by atoms with Crippen LogP contribution in [0, 0.1) is 5.92 Å². The van der Waals surface area contributed by atoms with Gasteiger partial charge in [0.25, 0.3) is 0 Å². The summed E-state index contributed by atoms with van der Waals surface area (Å²) in [4.78, 5) is 21.7. The van der Waals surface area contributed by atoms with Crippen LogP contribution in [0.5, 0.6) is 0 Å². The van der Waals surface area contributed by atoms with Crippen LogP contribution in [0.2, 0.25) is 0 Å². The molecule has 8 nitrogen and oxygen atoms in total. The Kier molecular flexibility index (Phi) is 7.22. The van der Waals surface area contributed by atoms with E-state index in [1.807, 2.05) is 36.4 Å². The first-order valence-corrected chi connectivity index (χ1v) is 9.53. The van der Waals surface area contributed by atoms with Crippen LogP contribution in [0.1, 0.15) is 24.0 Å². The molecule has 2 aromatic carbocycles. The minimum atomic E-state index is -0.736. The fourth-order valence-corrected chi connectivity index (χ4v) is 3.38. The number of likely N-dealkylation sites (tertiary alicyclic amines) is 1. The molecule has 1 saturated heterocycles. The third-order valence-electron chi connectivity index (χ3n) is 4.84. The molecule has 150 valence electrons. The monoisotopic (exact) mass is 393 g/mol. The fourth-order valence-electron chi connectivity index (χ4n) is 3.38. The number of hydrogen-bond acceptors (Lipinski definition) is 5. The number of oxime groups is 1. The van der Waals surface area contributed by atoms with Crippen molar-refractivity contribution in [2.45, 2.75) is 12.8 Å². The van der Waals surface area contributed by atoms with E-state index in [2.05, 4.69) is 20.1 Å². The highest BCUT2D eigenvalue weighted by Gasteiger charge is 2.25. The molecule has 1 aliphatic heterocycles. The predicted molar refractivity (Wildman–Crippen MR) is 110 cm³/mol. The first-order valence-electron chi connectivity index (χ1n) is 9.53. The number of hydrogen-bond donors (Lipinski definition) is 1. The second-order valence-electron chi connectivity index (χ2n) is 6.86. The average Bonchev–Trinajstić information content (AvgIpc) is 2.75. The highest BCUT2D eigenvalue weighted by Crippen LogP contribution is 2.19. The Bertz CT molecular complexity index is 910. The van der Waals surface area contributed by atoms with Gasteiger partial charge in [0.15, 0.2) is 0 Å². The number of benzene rings is 2. The molecule has 1 atom stereocenters. The fraction of sp³-hybridized carbons (Fsp3) is 0.333. The molecule has 0 saturated carbocycles. The van der Waals surface area contributed by atoms with E-state index in [1.165, 1.54) is 0 Å². The minimum absolute atomic E-state index is 0.310. The summed E-state index contributed by atoms with van der Waals surface area (Å²) < 4.78 is 0. The Labute approximate surface area is 169 Å². The van der Waals surface area contributed by atoms with Crippen molar-refractivity contribution in [2.24, 2.45) is 16.2 Å². The first-order chi connectivity index (χ1) is 14.2. The van der Waals surface area contributed by atoms with Gasteiger partial charge in [-0.05, 0) is 31.0 Å². The van der Waals surface area contributed by atoms with Crippen molar-refractivity contribution in [1.29, 1.82) is 0 Å². The second kappa shape index (κ2) is 10.3. The van der Waals surface area contributed by atoms with E-state index in [9.17, 15) is 9.90 Å². The SMILES string of the molecule is [N-]=[N+]=Nc1cccc(C(=NOCCN2CCCC(C(=O)O)C2)c2ccccc2)c1. The minimum Gasteiger partial charge on any atom is -0.481 e. The highest BCUT2D eigenvalue weighted by atomic mass is 16.6. The Hall–Kier alpha value is -3.35. The van der Waals surface area contributed by atoms with Crippen LogP contribution in [0.25, 0.3) is 10.4 Å². The summed E-state index contributed by atoms with van der Waals surface area (Å²) in [5.74, 6) is -1.05. The first kappa shape index (κ1) is 20.4. The molecule has 1 aliphatic rings. The molecular formula is C21H23N5O3. The summed E-state index contributed by atoms with van der Waals surface area (Å²) in [7, 11) is 0. The molecule has 0 amide bonds. The van der Waals surface area contributed by atoms with Crippen LogP contribution in [0.4, 0.5) is 5.69 Å². The van der Waals surface area contributed by atoms with Crippen molar-refractivity contribution in [3.8, 4) is 0 Å². The topological polar surface area (TPSA) is 111 Å². The zero-order valence-electron chi connectivity index (χ0n) is 16.0. The van der Waals surface area contributed by atoms with E-state index in [4.69, 9.17) is 10.4 Å². The van der Waals surface area contributed by atoms with Gasteiger partial charge in [0.05, 0.1) is 5.92 Å². The van der Waals surface area contributed by atoms with E-state index in [-0.39, 0.29) is 5.92 Å². The van der Waals surface area contributed by atoms with E-state index in [0.29, 0.717) is 31.1 Å². The molecular weight excluding hydrogens is 370 g/mol. The number of carbonyl (C=O) groups is 1. The van der Waals surface area contributed by atoms with Crippen molar-refractivity contribution in [3.63, 3.8) is 0 Å². The van der Waals surface area contributed by atoms with Gasteiger partial charge >= 0.3 is 5.97 Å². The molecule has 3 rings (SSSR count). The lowest BCUT2D eigenvalue weighted by Gasteiger charge is -2.29. The van der Waals surface area contributed by atoms with Gasteiger partial charge in [0, 0.05) is 34.8 Å². The summed E-state index contributed by atoms with van der Waals surface area (Å²) >= 11 is 0. The van der Waals surface area contributed by atoms with E-state index in [1.54, 1.807) is 18.2 Å². The van der Waals surface area contributed by atoms with Crippen LogP contribution in [-0.2, 0) is 9.63 Å². The molecule has 1 unspecified atom stereocenters. The average molecular weight is 393 g/mol. The van der Waals surface area contributed by atoms with E-state index >= 15 is 0 Å². The molecule has 0 bridgehead atoms. The quantitative estimate of drug-likeness (QED) is 0.181.